The van der Waals surface area contributed by atoms with E-state index in [1.165, 1.54) is 14.2 Å². The van der Waals surface area contributed by atoms with Gasteiger partial charge in [-0.3, -0.25) is 15.4 Å². The first-order valence-corrected chi connectivity index (χ1v) is 13.1. The number of aliphatic hydroxyl groups excluding tert-OH is 1. The third-order valence-electron chi connectivity index (χ3n) is 6.12. The van der Waals surface area contributed by atoms with Gasteiger partial charge >= 0.3 is 12.2 Å². The molecule has 0 heterocycles. The fourth-order valence-electron chi connectivity index (χ4n) is 4.10. The van der Waals surface area contributed by atoms with Gasteiger partial charge in [0.2, 0.25) is 6.41 Å². The van der Waals surface area contributed by atoms with Gasteiger partial charge in [-0.1, -0.05) is 12.1 Å². The first-order valence-electron chi connectivity index (χ1n) is 13.1. The highest BCUT2D eigenvalue weighted by atomic mass is 16.6. The molecular weight excluding hydrogens is 532 g/mol. The third kappa shape index (κ3) is 10.6. The zero-order chi connectivity index (χ0) is 31.0. The fraction of sp³-hybridized carbons (Fsp3) is 0.483. The number of hydrogen-bond acceptors (Lipinski definition) is 9. The number of ether oxygens (including phenoxy) is 4. The number of amides is 3. The van der Waals surface area contributed by atoms with E-state index in [1.807, 2.05) is 20.8 Å². The van der Waals surface area contributed by atoms with E-state index in [0.717, 1.165) is 11.1 Å². The highest BCUT2D eigenvalue weighted by molar-refractivity contribution is 5.97. The molecular formula is C29H42N4O8. The lowest BCUT2D eigenvalue weighted by molar-refractivity contribution is -0.179. The van der Waals surface area contributed by atoms with E-state index in [0.29, 0.717) is 29.2 Å². The molecule has 226 valence electrons. The number of carbonyl (C=O) groups is 3. The SMILES string of the molecule is COC(=O)Nc1ccc(C)c(NC(O)OC(C)(C)CC(C)OC(C)(C)C(=O)Nc2ccc(C)c(NC(=O)OC)c2)c1. The standard InChI is InChI=1S/C29H42N4O8/c1-17-10-12-20(14-22(17)32-26(36)39-9)30-24(34)29(6,7)40-19(3)16-28(4,5)41-27(37)33-23-15-21(13-11-18(23)2)31-25(35)38-8/h10-15,19,27,33,37H,16H2,1-9H3,(H,30,34)(H,31,35)(H,32,36). The molecule has 0 fully saturated rings. The van der Waals surface area contributed by atoms with E-state index in [2.05, 4.69) is 30.7 Å². The van der Waals surface area contributed by atoms with Gasteiger partial charge in [-0.2, -0.15) is 0 Å². The van der Waals surface area contributed by atoms with Gasteiger partial charge in [0, 0.05) is 29.2 Å². The third-order valence-corrected chi connectivity index (χ3v) is 6.12. The van der Waals surface area contributed by atoms with Crippen LogP contribution in [0.5, 0.6) is 0 Å². The first-order chi connectivity index (χ1) is 19.0. The van der Waals surface area contributed by atoms with E-state index in [1.54, 1.807) is 64.1 Å². The molecule has 0 spiro atoms. The Kier molecular flexibility index (Phi) is 11.5. The number of benzene rings is 2. The van der Waals surface area contributed by atoms with Crippen LogP contribution in [0.1, 0.15) is 52.2 Å². The van der Waals surface area contributed by atoms with Gasteiger partial charge in [0.05, 0.1) is 25.9 Å². The minimum absolute atomic E-state index is 0.350. The number of anilines is 4. The van der Waals surface area contributed by atoms with Crippen molar-refractivity contribution in [3.05, 3.63) is 47.5 Å². The Labute approximate surface area is 241 Å². The van der Waals surface area contributed by atoms with Crippen LogP contribution in [0.4, 0.5) is 32.3 Å². The summed E-state index contributed by atoms with van der Waals surface area (Å²) in [5.74, 6) is -0.381. The zero-order valence-corrected chi connectivity index (χ0v) is 25.1. The van der Waals surface area contributed by atoms with Crippen molar-refractivity contribution in [2.45, 2.75) is 78.6 Å². The molecule has 0 radical (unpaired) electrons. The highest BCUT2D eigenvalue weighted by Gasteiger charge is 2.34. The molecule has 12 heteroatoms. The maximum absolute atomic E-state index is 13.1. The number of aliphatic hydroxyl groups is 1. The average molecular weight is 575 g/mol. The van der Waals surface area contributed by atoms with Gasteiger partial charge in [-0.15, -0.1) is 0 Å². The van der Waals surface area contributed by atoms with Crippen LogP contribution in [0.2, 0.25) is 0 Å². The van der Waals surface area contributed by atoms with Crippen molar-refractivity contribution in [3.63, 3.8) is 0 Å². The van der Waals surface area contributed by atoms with Crippen molar-refractivity contribution < 1.29 is 38.4 Å². The molecule has 0 bridgehead atoms. The van der Waals surface area contributed by atoms with Crippen LogP contribution in [0.3, 0.4) is 0 Å². The monoisotopic (exact) mass is 574 g/mol. The first kappa shape index (κ1) is 33.3. The van der Waals surface area contributed by atoms with Crippen LogP contribution in [-0.4, -0.2) is 61.1 Å². The quantitative estimate of drug-likeness (QED) is 0.211. The molecule has 2 unspecified atom stereocenters. The number of hydrogen-bond donors (Lipinski definition) is 5. The Balaban J connectivity index is 1.97. The smallest absolute Gasteiger partial charge is 0.411 e. The molecule has 2 atom stereocenters. The highest BCUT2D eigenvalue weighted by Crippen LogP contribution is 2.27. The number of rotatable bonds is 12. The summed E-state index contributed by atoms with van der Waals surface area (Å²) < 4.78 is 21.2. The van der Waals surface area contributed by atoms with Crippen molar-refractivity contribution in [1.82, 2.24) is 0 Å². The molecule has 5 N–H and O–H groups in total. The Hall–Kier alpha value is -3.87. The lowest BCUT2D eigenvalue weighted by atomic mass is 10.00. The maximum Gasteiger partial charge on any atom is 0.411 e. The molecule has 2 rings (SSSR count). The average Bonchev–Trinajstić information content (AvgIpc) is 2.86. The number of methoxy groups -OCH3 is 2. The Morgan fingerprint density at radius 3 is 1.90 bits per heavy atom. The van der Waals surface area contributed by atoms with Crippen LogP contribution in [-0.2, 0) is 23.7 Å². The summed E-state index contributed by atoms with van der Waals surface area (Å²) in [6.07, 6.45) is -2.67. The fourth-order valence-corrected chi connectivity index (χ4v) is 4.10. The van der Waals surface area contributed by atoms with Crippen LogP contribution < -0.4 is 21.3 Å². The lowest BCUT2D eigenvalue weighted by Gasteiger charge is -2.34. The van der Waals surface area contributed by atoms with Crippen molar-refractivity contribution >= 4 is 40.8 Å². The lowest BCUT2D eigenvalue weighted by Crippen LogP contribution is -2.44. The van der Waals surface area contributed by atoms with Crippen LogP contribution in [0.15, 0.2) is 36.4 Å². The molecule has 2 aromatic carbocycles. The van der Waals surface area contributed by atoms with Crippen molar-refractivity contribution in [3.8, 4) is 0 Å². The van der Waals surface area contributed by atoms with Gasteiger partial charge in [-0.05, 0) is 83.9 Å². The van der Waals surface area contributed by atoms with Crippen molar-refractivity contribution in [2.24, 2.45) is 0 Å². The second kappa shape index (κ2) is 14.2. The van der Waals surface area contributed by atoms with Gasteiger partial charge in [0.15, 0.2) is 0 Å². The summed E-state index contributed by atoms with van der Waals surface area (Å²) in [5.41, 5.74) is 1.61. The topological polar surface area (TPSA) is 156 Å². The molecule has 0 aliphatic rings. The molecule has 2 aromatic rings. The van der Waals surface area contributed by atoms with E-state index >= 15 is 0 Å². The second-order valence-electron chi connectivity index (χ2n) is 10.8. The van der Waals surface area contributed by atoms with Gasteiger partial charge in [0.25, 0.3) is 5.91 Å². The van der Waals surface area contributed by atoms with Gasteiger partial charge in [-0.25, -0.2) is 9.59 Å². The largest absolute Gasteiger partial charge is 0.453 e. The molecule has 0 aliphatic heterocycles. The van der Waals surface area contributed by atoms with Gasteiger partial charge in [0.1, 0.15) is 5.60 Å². The Morgan fingerprint density at radius 1 is 0.805 bits per heavy atom. The minimum Gasteiger partial charge on any atom is -0.453 e. The van der Waals surface area contributed by atoms with E-state index < -0.39 is 35.9 Å². The van der Waals surface area contributed by atoms with Crippen LogP contribution in [0, 0.1) is 13.8 Å². The van der Waals surface area contributed by atoms with Crippen molar-refractivity contribution in [1.29, 1.82) is 0 Å². The Morgan fingerprint density at radius 2 is 1.32 bits per heavy atom. The summed E-state index contributed by atoms with van der Waals surface area (Å²) in [6, 6.07) is 10.3. The summed E-state index contributed by atoms with van der Waals surface area (Å²) in [7, 11) is 2.54. The molecule has 41 heavy (non-hydrogen) atoms. The zero-order valence-electron chi connectivity index (χ0n) is 25.1. The van der Waals surface area contributed by atoms with E-state index in [9.17, 15) is 19.5 Å². The normalized spacial score (nSPS) is 13.0. The van der Waals surface area contributed by atoms with Crippen LogP contribution >= 0.6 is 0 Å². The summed E-state index contributed by atoms with van der Waals surface area (Å²) >= 11 is 0. The molecule has 0 aliphatic carbocycles. The minimum atomic E-state index is -1.37. The molecule has 12 nitrogen and oxygen atoms in total. The number of carbonyl (C=O) groups excluding carboxylic acids is 3. The number of aryl methyl sites for hydroxylation is 2. The molecule has 0 aromatic heterocycles. The molecule has 0 saturated carbocycles. The maximum atomic E-state index is 13.1. The summed E-state index contributed by atoms with van der Waals surface area (Å²) in [6.45, 7) is 12.4. The van der Waals surface area contributed by atoms with Crippen molar-refractivity contribution in [2.75, 3.05) is 35.5 Å². The van der Waals surface area contributed by atoms with Gasteiger partial charge < -0.3 is 34.7 Å². The predicted molar refractivity (Wildman–Crippen MR) is 157 cm³/mol. The van der Waals surface area contributed by atoms with E-state index in [4.69, 9.17) is 9.47 Å². The molecule has 0 saturated heterocycles. The number of nitrogens with one attached hydrogen (secondary N) is 4. The second-order valence-corrected chi connectivity index (χ2v) is 10.8. The predicted octanol–water partition coefficient (Wildman–Crippen LogP) is 5.36. The summed E-state index contributed by atoms with van der Waals surface area (Å²) in [4.78, 5) is 36.2. The summed E-state index contributed by atoms with van der Waals surface area (Å²) in [5, 5.41) is 21.5. The Bertz CT molecular complexity index is 1230. The van der Waals surface area contributed by atoms with E-state index in [-0.39, 0.29) is 5.91 Å². The molecule has 3 amide bonds. The van der Waals surface area contributed by atoms with Crippen LogP contribution in [0.25, 0.3) is 0 Å².